The van der Waals surface area contributed by atoms with Crippen molar-refractivity contribution in [1.29, 1.82) is 0 Å². The van der Waals surface area contributed by atoms with Gasteiger partial charge in [0, 0.05) is 12.4 Å². The number of alkyl halides is 1. The molecule has 6 heteroatoms. The normalized spacial score (nSPS) is 11.1. The molecule has 0 radical (unpaired) electrons. The van der Waals surface area contributed by atoms with E-state index in [9.17, 15) is 4.79 Å². The van der Waals surface area contributed by atoms with Crippen molar-refractivity contribution in [3.63, 3.8) is 0 Å². The van der Waals surface area contributed by atoms with Crippen LogP contribution in [0.15, 0.2) is 66.3 Å². The van der Waals surface area contributed by atoms with Gasteiger partial charge < -0.3 is 10.1 Å². The van der Waals surface area contributed by atoms with E-state index in [1.165, 1.54) is 11.1 Å². The van der Waals surface area contributed by atoms with Crippen molar-refractivity contribution in [2.75, 3.05) is 25.6 Å². The Morgan fingerprint density at radius 1 is 1.16 bits per heavy atom. The molecule has 3 nitrogen and oxygen atoms in total. The predicted molar refractivity (Wildman–Crippen MR) is 142 cm³/mol. The lowest BCUT2D eigenvalue weighted by Crippen LogP contribution is -2.25. The lowest BCUT2D eigenvalue weighted by atomic mass is 10.1. The van der Waals surface area contributed by atoms with Gasteiger partial charge in [-0.15, -0.1) is 31.0 Å². The molecule has 1 rings (SSSR count). The number of hydrogen-bond acceptors (Lipinski definition) is 2. The molecule has 0 aliphatic carbocycles. The number of hydrogen-bond donors (Lipinski definition) is 1. The molecule has 0 saturated heterocycles. The van der Waals surface area contributed by atoms with Gasteiger partial charge in [-0.25, -0.2) is 0 Å². The van der Waals surface area contributed by atoms with Gasteiger partial charge in [-0.2, -0.15) is 0 Å². The average Bonchev–Trinajstić information content (AvgIpc) is 2.81. The first-order valence-corrected chi connectivity index (χ1v) is 11.5. The molecule has 32 heavy (non-hydrogen) atoms. The molecule has 1 aromatic carbocycles. The number of carbonyl (C=O) groups is 1. The van der Waals surface area contributed by atoms with Crippen LogP contribution in [0.5, 0.6) is 0 Å². The van der Waals surface area contributed by atoms with Crippen LogP contribution in [0.1, 0.15) is 44.0 Å². The molecular weight excluding hydrogens is 465 g/mol. The molecule has 0 fully saturated rings. The summed E-state index contributed by atoms with van der Waals surface area (Å²) in [5.74, 6) is 0.377. The van der Waals surface area contributed by atoms with Crippen LogP contribution in [0.3, 0.4) is 0 Å². The number of carbonyl (C=O) groups excluding carboxylic acids is 1. The van der Waals surface area contributed by atoms with E-state index < -0.39 is 0 Å². The summed E-state index contributed by atoms with van der Waals surface area (Å²) in [5.41, 5.74) is 2.83. The fraction of sp³-hybridized carbons (Fsp3) is 0.346. The summed E-state index contributed by atoms with van der Waals surface area (Å²) in [6.07, 6.45) is 19.5. The fourth-order valence-electron chi connectivity index (χ4n) is 2.35. The maximum Gasteiger partial charge on any atom is 0.252 e. The monoisotopic (exact) mass is 497 g/mol. The highest BCUT2D eigenvalue weighted by Gasteiger charge is 2.11. The number of halogens is 3. The SMILES string of the molecule is C#C.C/C=C(/CCCl)CCNC(=O)c1cccc(Cl)c1Cl.C=CCOCC(/C=C\C)=C/C. The highest BCUT2D eigenvalue weighted by Crippen LogP contribution is 2.25. The summed E-state index contributed by atoms with van der Waals surface area (Å²) in [6, 6.07) is 5.01. The van der Waals surface area contributed by atoms with Crippen molar-refractivity contribution in [3.8, 4) is 12.8 Å². The fourth-order valence-corrected chi connectivity index (χ4v) is 2.98. The van der Waals surface area contributed by atoms with Gasteiger partial charge in [0.1, 0.15) is 0 Å². The van der Waals surface area contributed by atoms with Crippen LogP contribution in [0.25, 0.3) is 0 Å². The minimum absolute atomic E-state index is 0.214. The van der Waals surface area contributed by atoms with Crippen molar-refractivity contribution >= 4 is 40.7 Å². The quantitative estimate of drug-likeness (QED) is 0.112. The van der Waals surface area contributed by atoms with Gasteiger partial charge in [-0.1, -0.05) is 65.2 Å². The maximum atomic E-state index is 11.9. The summed E-state index contributed by atoms with van der Waals surface area (Å²) < 4.78 is 5.25. The van der Waals surface area contributed by atoms with Crippen molar-refractivity contribution in [3.05, 3.63) is 81.9 Å². The van der Waals surface area contributed by atoms with Crippen LogP contribution in [-0.4, -0.2) is 31.5 Å². The second-order valence-electron chi connectivity index (χ2n) is 6.16. The molecule has 1 amide bonds. The van der Waals surface area contributed by atoms with E-state index in [-0.39, 0.29) is 10.9 Å². The number of ether oxygens (including phenoxy) is 1. The number of benzene rings is 1. The van der Waals surface area contributed by atoms with Gasteiger partial charge in [0.15, 0.2) is 0 Å². The van der Waals surface area contributed by atoms with E-state index in [1.54, 1.807) is 24.3 Å². The Hall–Kier alpha value is -1.96. The molecule has 0 heterocycles. The Kier molecular flexibility index (Phi) is 22.4. The molecule has 0 aliphatic heterocycles. The maximum absolute atomic E-state index is 11.9. The number of nitrogens with one attached hydrogen (secondary N) is 1. The predicted octanol–water partition coefficient (Wildman–Crippen LogP) is 7.65. The van der Waals surface area contributed by atoms with Crippen LogP contribution >= 0.6 is 34.8 Å². The van der Waals surface area contributed by atoms with Crippen LogP contribution in [-0.2, 0) is 4.74 Å². The summed E-state index contributed by atoms with van der Waals surface area (Å²) in [6.45, 7) is 11.4. The van der Waals surface area contributed by atoms with Gasteiger partial charge in [0.25, 0.3) is 5.91 Å². The lowest BCUT2D eigenvalue weighted by Gasteiger charge is -2.09. The Balaban J connectivity index is 0. The zero-order valence-corrected chi connectivity index (χ0v) is 21.4. The van der Waals surface area contributed by atoms with E-state index in [0.717, 1.165) is 12.8 Å². The second-order valence-corrected chi connectivity index (χ2v) is 7.32. The summed E-state index contributed by atoms with van der Waals surface area (Å²) in [4.78, 5) is 11.9. The average molecular weight is 499 g/mol. The standard InChI is InChI=1S/C14H16Cl3NO.C10H16O.C2H2/c1-2-10(6-8-15)7-9-18-14(19)11-4-3-5-12(16)13(11)17;1-4-7-10(6-3)9-11-8-5-2;1-2/h2-5H,6-9H2,1H3,(H,18,19);4-7H,2,8-9H2,1,3H3;1-2H/b10-2-;7-4-,10-6+;. The Labute approximate surface area is 209 Å². The molecule has 176 valence electrons. The zero-order chi connectivity index (χ0) is 24.8. The minimum atomic E-state index is -0.214. The molecule has 1 aromatic rings. The first kappa shape index (κ1) is 32.2. The van der Waals surface area contributed by atoms with Gasteiger partial charge >= 0.3 is 0 Å². The molecule has 0 aliphatic rings. The zero-order valence-electron chi connectivity index (χ0n) is 19.2. The molecule has 0 saturated carbocycles. The van der Waals surface area contributed by atoms with E-state index in [1.807, 2.05) is 45.1 Å². The van der Waals surface area contributed by atoms with E-state index in [2.05, 4.69) is 24.7 Å². The van der Waals surface area contributed by atoms with Crippen LogP contribution < -0.4 is 5.32 Å². The molecule has 0 unspecified atom stereocenters. The van der Waals surface area contributed by atoms with E-state index >= 15 is 0 Å². The first-order chi connectivity index (χ1) is 15.4. The highest BCUT2D eigenvalue weighted by atomic mass is 35.5. The molecular formula is C26H34Cl3NO2. The van der Waals surface area contributed by atoms with E-state index in [0.29, 0.717) is 36.2 Å². The smallest absolute Gasteiger partial charge is 0.252 e. The molecule has 0 spiro atoms. The second kappa shape index (κ2) is 22.2. The van der Waals surface area contributed by atoms with Gasteiger partial charge in [0.2, 0.25) is 0 Å². The third-order valence-corrected chi connectivity index (χ3v) is 5.02. The van der Waals surface area contributed by atoms with E-state index in [4.69, 9.17) is 39.5 Å². The van der Waals surface area contributed by atoms with Crippen molar-refractivity contribution in [1.82, 2.24) is 5.32 Å². The number of allylic oxidation sites excluding steroid dienone is 3. The summed E-state index contributed by atoms with van der Waals surface area (Å²) >= 11 is 17.5. The number of amides is 1. The molecule has 0 bridgehead atoms. The Morgan fingerprint density at radius 3 is 2.38 bits per heavy atom. The molecule has 0 aromatic heterocycles. The van der Waals surface area contributed by atoms with Crippen LogP contribution in [0.2, 0.25) is 10.0 Å². The Bertz CT molecular complexity index is 781. The number of terminal acetylenes is 1. The Morgan fingerprint density at radius 2 is 1.84 bits per heavy atom. The molecule has 1 N–H and O–H groups in total. The van der Waals surface area contributed by atoms with Crippen molar-refractivity contribution in [2.24, 2.45) is 0 Å². The minimum Gasteiger partial charge on any atom is -0.373 e. The summed E-state index contributed by atoms with van der Waals surface area (Å²) in [5, 5.41) is 3.49. The van der Waals surface area contributed by atoms with Gasteiger partial charge in [-0.3, -0.25) is 4.79 Å². The van der Waals surface area contributed by atoms with Crippen molar-refractivity contribution in [2.45, 2.75) is 33.6 Å². The highest BCUT2D eigenvalue weighted by molar-refractivity contribution is 6.43. The topological polar surface area (TPSA) is 38.3 Å². The van der Waals surface area contributed by atoms with Crippen LogP contribution in [0.4, 0.5) is 0 Å². The van der Waals surface area contributed by atoms with Gasteiger partial charge in [-0.05, 0) is 51.3 Å². The third kappa shape index (κ3) is 14.9. The largest absolute Gasteiger partial charge is 0.373 e. The van der Waals surface area contributed by atoms with Crippen molar-refractivity contribution < 1.29 is 9.53 Å². The summed E-state index contributed by atoms with van der Waals surface area (Å²) in [7, 11) is 0. The lowest BCUT2D eigenvalue weighted by molar-refractivity contribution is 0.0954. The molecule has 0 atom stereocenters. The first-order valence-electron chi connectivity index (χ1n) is 10.2. The van der Waals surface area contributed by atoms with Gasteiger partial charge in [0.05, 0.1) is 28.8 Å². The van der Waals surface area contributed by atoms with Crippen LogP contribution in [0, 0.1) is 12.8 Å². The number of rotatable bonds is 11. The third-order valence-electron chi connectivity index (χ3n) is 4.01.